The van der Waals surface area contributed by atoms with E-state index in [0.29, 0.717) is 11.3 Å². The van der Waals surface area contributed by atoms with E-state index >= 15 is 0 Å². The van der Waals surface area contributed by atoms with Gasteiger partial charge in [-0.2, -0.15) is 0 Å². The fourth-order valence-corrected chi connectivity index (χ4v) is 3.80. The summed E-state index contributed by atoms with van der Waals surface area (Å²) >= 11 is 0. The third kappa shape index (κ3) is 5.00. The maximum atomic E-state index is 11.3. The van der Waals surface area contributed by atoms with Gasteiger partial charge in [-0.05, 0) is 30.7 Å². The van der Waals surface area contributed by atoms with Crippen LogP contribution in [0.5, 0.6) is 11.5 Å². The molecule has 1 aliphatic heterocycles. The minimum Gasteiger partial charge on any atom is -0.497 e. The molecule has 0 fully saturated rings. The summed E-state index contributed by atoms with van der Waals surface area (Å²) in [6.45, 7) is 1.90. The number of nitrogens with zero attached hydrogens (tertiary/aromatic N) is 2. The number of nitro benzene ring substituents is 1. The molecule has 178 valence electrons. The Balaban J connectivity index is 1.92. The van der Waals surface area contributed by atoms with Gasteiger partial charge in [0.1, 0.15) is 17.6 Å². The Kier molecular flexibility index (Phi) is 7.36. The van der Waals surface area contributed by atoms with E-state index in [4.69, 9.17) is 24.7 Å². The molecule has 0 aliphatic carbocycles. The van der Waals surface area contributed by atoms with Gasteiger partial charge in [0.15, 0.2) is 17.9 Å². The first kappa shape index (κ1) is 24.2. The predicted octanol–water partition coefficient (Wildman–Crippen LogP) is 1.88. The largest absolute Gasteiger partial charge is 0.497 e. The van der Waals surface area contributed by atoms with Crippen molar-refractivity contribution in [3.05, 3.63) is 63.7 Å². The van der Waals surface area contributed by atoms with Crippen LogP contribution in [0.4, 0.5) is 5.69 Å². The predicted molar refractivity (Wildman–Crippen MR) is 120 cm³/mol. The van der Waals surface area contributed by atoms with E-state index in [2.05, 4.69) is 10.3 Å². The molecule has 0 radical (unpaired) electrons. The molecule has 0 saturated heterocycles. The zero-order chi connectivity index (χ0) is 24.2. The number of nitrogens with one attached hydrogen (secondary N) is 1. The second-order valence-electron chi connectivity index (χ2n) is 7.68. The van der Waals surface area contributed by atoms with Gasteiger partial charge in [0.05, 0.1) is 24.6 Å². The van der Waals surface area contributed by atoms with Crippen molar-refractivity contribution < 1.29 is 29.0 Å². The maximum Gasteiger partial charge on any atom is 0.270 e. The molecule has 33 heavy (non-hydrogen) atoms. The third-order valence-corrected chi connectivity index (χ3v) is 5.56. The van der Waals surface area contributed by atoms with Gasteiger partial charge in [-0.3, -0.25) is 10.1 Å². The van der Waals surface area contributed by atoms with E-state index in [1.54, 1.807) is 14.0 Å². The number of hydrogen-bond acceptors (Lipinski definition) is 8. The number of aliphatic imine (C=N–C) groups is 1. The minimum atomic E-state index is -1.35. The van der Waals surface area contributed by atoms with Crippen molar-refractivity contribution >= 4 is 11.6 Å². The molecule has 0 saturated carbocycles. The van der Waals surface area contributed by atoms with Gasteiger partial charge in [0.2, 0.25) is 0 Å². The highest BCUT2D eigenvalue weighted by Gasteiger charge is 2.52. The molecule has 2 aromatic carbocycles. The second kappa shape index (κ2) is 10.0. The molecule has 2 aromatic rings. The van der Waals surface area contributed by atoms with E-state index in [-0.39, 0.29) is 18.2 Å². The van der Waals surface area contributed by atoms with Crippen LogP contribution in [0.15, 0.2) is 47.5 Å². The highest BCUT2D eigenvalue weighted by Crippen LogP contribution is 2.43. The van der Waals surface area contributed by atoms with Crippen LogP contribution in [0.25, 0.3) is 0 Å². The Hall–Kier alpha value is -3.41. The molecule has 0 bridgehead atoms. The van der Waals surface area contributed by atoms with Crippen molar-refractivity contribution in [1.29, 1.82) is 0 Å². The molecule has 3 rings (SSSR count). The monoisotopic (exact) mass is 460 g/mol. The fraction of sp³-hybridized carbons (Fsp3) is 0.409. The number of hydrogen-bond donors (Lipinski definition) is 3. The van der Waals surface area contributed by atoms with Gasteiger partial charge in [-0.15, -0.1) is 0 Å². The summed E-state index contributed by atoms with van der Waals surface area (Å²) in [5.74, 6) is 1.10. The van der Waals surface area contributed by atoms with Gasteiger partial charge in [0.25, 0.3) is 5.69 Å². The number of ether oxygens (including phenoxy) is 4. The number of methoxy groups -OCH3 is 3. The van der Waals surface area contributed by atoms with E-state index in [1.807, 2.05) is 24.3 Å². The summed E-state index contributed by atoms with van der Waals surface area (Å²) in [6, 6.07) is 10.6. The van der Waals surface area contributed by atoms with Crippen molar-refractivity contribution in [2.45, 2.75) is 37.5 Å². The average Bonchev–Trinajstić information content (AvgIpc) is 2.81. The lowest BCUT2D eigenvalue weighted by Gasteiger charge is -2.46. The molecular weight excluding hydrogens is 432 g/mol. The Morgan fingerprint density at radius 1 is 1.27 bits per heavy atom. The van der Waals surface area contributed by atoms with E-state index in [0.717, 1.165) is 11.3 Å². The van der Waals surface area contributed by atoms with Crippen LogP contribution in [-0.2, 0) is 16.0 Å². The summed E-state index contributed by atoms with van der Waals surface area (Å²) in [5, 5.41) is 25.5. The number of rotatable bonds is 8. The lowest BCUT2D eigenvalue weighted by molar-refractivity contribution is -0.385. The molecule has 0 aromatic heterocycles. The molecule has 11 nitrogen and oxygen atoms in total. The summed E-state index contributed by atoms with van der Waals surface area (Å²) < 4.78 is 21.9. The van der Waals surface area contributed by atoms with Crippen molar-refractivity contribution in [2.75, 3.05) is 21.3 Å². The Morgan fingerprint density at radius 3 is 2.52 bits per heavy atom. The average molecular weight is 460 g/mol. The Bertz CT molecular complexity index is 1010. The number of nitrogens with two attached hydrogens (primary N) is 1. The summed E-state index contributed by atoms with van der Waals surface area (Å²) in [5.41, 5.74) is 5.88. The highest BCUT2D eigenvalue weighted by molar-refractivity contribution is 5.78. The first-order valence-electron chi connectivity index (χ1n) is 10.1. The SMILES string of the molecule is COc1ccc(CN=C(N)NC2c3cc([N+](=O)[O-])ccc3OC(C)(C(OC)OC)C2O)cc1. The number of aliphatic hydroxyl groups excluding tert-OH is 1. The lowest BCUT2D eigenvalue weighted by Crippen LogP contribution is -2.62. The molecule has 1 aliphatic rings. The first-order chi connectivity index (χ1) is 15.7. The molecule has 3 atom stereocenters. The quantitative estimate of drug-likeness (QED) is 0.176. The number of fused-ring (bicyclic) bond motifs is 1. The molecule has 1 heterocycles. The highest BCUT2D eigenvalue weighted by atomic mass is 16.7. The molecule has 0 amide bonds. The summed E-state index contributed by atoms with van der Waals surface area (Å²) in [6.07, 6.45) is -2.19. The fourth-order valence-electron chi connectivity index (χ4n) is 3.80. The Labute approximate surface area is 191 Å². The van der Waals surface area contributed by atoms with E-state index < -0.39 is 29.0 Å². The zero-order valence-electron chi connectivity index (χ0n) is 18.8. The lowest BCUT2D eigenvalue weighted by atomic mass is 9.84. The Morgan fingerprint density at radius 2 is 1.94 bits per heavy atom. The van der Waals surface area contributed by atoms with E-state index in [1.165, 1.54) is 32.4 Å². The number of guanidine groups is 1. The smallest absolute Gasteiger partial charge is 0.270 e. The molecular formula is C22H28N4O7. The van der Waals surface area contributed by atoms with E-state index in [9.17, 15) is 15.2 Å². The summed E-state index contributed by atoms with van der Waals surface area (Å²) in [7, 11) is 4.43. The van der Waals surface area contributed by atoms with Gasteiger partial charge in [-0.1, -0.05) is 12.1 Å². The van der Waals surface area contributed by atoms with Crippen LogP contribution in [0.3, 0.4) is 0 Å². The van der Waals surface area contributed by atoms with Crippen molar-refractivity contribution in [1.82, 2.24) is 5.32 Å². The normalized spacial score (nSPS) is 22.4. The van der Waals surface area contributed by atoms with Crippen LogP contribution in [0.1, 0.15) is 24.1 Å². The zero-order valence-corrected chi connectivity index (χ0v) is 18.8. The summed E-state index contributed by atoms with van der Waals surface area (Å²) in [4.78, 5) is 15.1. The topological polar surface area (TPSA) is 151 Å². The van der Waals surface area contributed by atoms with Crippen molar-refractivity contribution in [3.63, 3.8) is 0 Å². The number of benzene rings is 2. The number of non-ortho nitro benzene ring substituents is 1. The standard InChI is InChI=1S/C22H28N4O7/c1-22(20(31-3)32-4)19(27)18(16-11-14(26(28)29)7-10-17(16)33-22)25-21(23)24-12-13-5-8-15(30-2)9-6-13/h5-11,18-20,27H,12H2,1-4H3,(H3,23,24,25). The van der Waals surface area contributed by atoms with Crippen LogP contribution in [0, 0.1) is 10.1 Å². The molecule has 4 N–H and O–H groups in total. The van der Waals surface area contributed by atoms with Gasteiger partial charge in [-0.25, -0.2) is 4.99 Å². The van der Waals surface area contributed by atoms with Crippen molar-refractivity contribution in [2.24, 2.45) is 10.7 Å². The number of nitro groups is 1. The third-order valence-electron chi connectivity index (χ3n) is 5.56. The van der Waals surface area contributed by atoms with Crippen LogP contribution in [-0.4, -0.2) is 55.3 Å². The van der Waals surface area contributed by atoms with Crippen LogP contribution >= 0.6 is 0 Å². The van der Waals surface area contributed by atoms with Crippen LogP contribution < -0.4 is 20.5 Å². The maximum absolute atomic E-state index is 11.3. The molecule has 11 heteroatoms. The molecule has 0 spiro atoms. The second-order valence-corrected chi connectivity index (χ2v) is 7.68. The van der Waals surface area contributed by atoms with Crippen LogP contribution in [0.2, 0.25) is 0 Å². The molecule has 3 unspecified atom stereocenters. The minimum absolute atomic E-state index is 0.0444. The number of aliphatic hydroxyl groups is 1. The van der Waals surface area contributed by atoms with Crippen molar-refractivity contribution in [3.8, 4) is 11.5 Å². The first-order valence-corrected chi connectivity index (χ1v) is 10.1. The van der Waals surface area contributed by atoms with Gasteiger partial charge >= 0.3 is 0 Å². The van der Waals surface area contributed by atoms with Gasteiger partial charge < -0.3 is 35.1 Å². The van der Waals surface area contributed by atoms with Gasteiger partial charge in [0, 0.05) is 31.9 Å².